The van der Waals surface area contributed by atoms with Crippen LogP contribution in [0.1, 0.15) is 0 Å². The number of rotatable bonds is 12. The first-order valence-corrected chi connectivity index (χ1v) is 7.08. The van der Waals surface area contributed by atoms with Gasteiger partial charge in [0, 0.05) is 42.3 Å². The molecule has 0 aromatic carbocycles. The summed E-state index contributed by atoms with van der Waals surface area (Å²) in [6, 6.07) is 0. The molecule has 0 aromatic rings. The Bertz CT molecular complexity index is 243. The van der Waals surface area contributed by atoms with Crippen molar-refractivity contribution in [2.24, 2.45) is 0 Å². The molecule has 0 aliphatic carbocycles. The van der Waals surface area contributed by atoms with Gasteiger partial charge < -0.3 is 0 Å². The molecule has 20 heavy (non-hydrogen) atoms. The lowest BCUT2D eigenvalue weighted by Crippen LogP contribution is -2.49. The van der Waals surface area contributed by atoms with Crippen LogP contribution in [0.15, 0.2) is 0 Å². The average molecular weight is 317 g/mol. The molecule has 0 saturated heterocycles. The topological polar surface area (TPSA) is 127 Å². The first-order valence-electron chi connectivity index (χ1n) is 5.62. The van der Waals surface area contributed by atoms with E-state index in [9.17, 15) is 4.57 Å². The third-order valence-electron chi connectivity index (χ3n) is 1.76. The summed E-state index contributed by atoms with van der Waals surface area (Å²) in [7, 11) is 5.18. The minimum Gasteiger partial charge on any atom is -0.223 e. The van der Waals surface area contributed by atoms with Gasteiger partial charge in [-0.3, -0.25) is 0 Å². The van der Waals surface area contributed by atoms with Gasteiger partial charge in [-0.2, -0.15) is 13.9 Å². The normalized spacial score (nSPS) is 12.8. The lowest BCUT2D eigenvalue weighted by atomic mass is 11.4. The second-order valence-electron chi connectivity index (χ2n) is 2.92. The zero-order valence-electron chi connectivity index (χ0n) is 12.4. The van der Waals surface area contributed by atoms with Gasteiger partial charge >= 0.3 is 7.82 Å². The monoisotopic (exact) mass is 317 g/mol. The summed E-state index contributed by atoms with van der Waals surface area (Å²) < 4.78 is 27.8. The maximum absolute atomic E-state index is 12.6. The van der Waals surface area contributed by atoms with E-state index in [1.165, 1.54) is 0 Å². The molecule has 6 N–H and O–H groups in total. The summed E-state index contributed by atoms with van der Waals surface area (Å²) in [4.78, 5) is 0. The van der Waals surface area contributed by atoms with E-state index in [0.29, 0.717) is 0 Å². The number of nitrogens with zero attached hydrogens (tertiary/aromatic N) is 3. The molecule has 0 fully saturated rings. The van der Waals surface area contributed by atoms with Crippen molar-refractivity contribution >= 4 is 7.82 Å². The summed E-state index contributed by atoms with van der Waals surface area (Å²) >= 11 is 0. The quantitative estimate of drug-likeness (QED) is 0.169. The molecule has 0 radical (unpaired) electrons. The van der Waals surface area contributed by atoms with Crippen LogP contribution < -0.4 is 32.6 Å². The van der Waals surface area contributed by atoms with E-state index in [1.54, 1.807) is 42.3 Å². The van der Waals surface area contributed by atoms with E-state index in [1.807, 2.05) is 0 Å². The fourth-order valence-corrected chi connectivity index (χ4v) is 2.10. The first kappa shape index (κ1) is 19.8. The second kappa shape index (κ2) is 10.5. The van der Waals surface area contributed by atoms with Gasteiger partial charge in [0.05, 0.1) is 0 Å². The molecule has 0 unspecified atom stereocenters. The largest absolute Gasteiger partial charge is 0.532 e. The molecule has 0 aliphatic rings. The van der Waals surface area contributed by atoms with E-state index in [-0.39, 0.29) is 0 Å². The zero-order valence-corrected chi connectivity index (χ0v) is 13.3. The maximum atomic E-state index is 12.6. The number of phosphoric acid groups is 1. The highest BCUT2D eigenvalue weighted by Crippen LogP contribution is 2.50. The van der Waals surface area contributed by atoms with Gasteiger partial charge in [-0.15, -0.1) is 0 Å². The average Bonchev–Trinajstić information content (AvgIpc) is 2.48. The van der Waals surface area contributed by atoms with Gasteiger partial charge in [-0.1, -0.05) is 0 Å². The van der Waals surface area contributed by atoms with E-state index in [2.05, 4.69) is 32.6 Å². The Hall–Kier alpha value is -0.250. The molecule has 0 heterocycles. The fraction of sp³-hybridized carbons (Fsp3) is 1.00. The lowest BCUT2D eigenvalue weighted by molar-refractivity contribution is -0.249. The van der Waals surface area contributed by atoms with Crippen LogP contribution in [0.4, 0.5) is 0 Å². The number of nitrogens with one attached hydrogen (secondary N) is 6. The Labute approximate surface area is 118 Å². The Morgan fingerprint density at radius 2 is 0.800 bits per heavy atom. The first-order chi connectivity index (χ1) is 9.48. The molecule has 0 amide bonds. The molecular formula is C6H24N9O4P. The van der Waals surface area contributed by atoms with Crippen molar-refractivity contribution in [2.75, 3.05) is 42.3 Å². The highest BCUT2D eigenvalue weighted by Gasteiger charge is 2.37. The van der Waals surface area contributed by atoms with Crippen LogP contribution in [0.5, 0.6) is 0 Å². The third-order valence-corrected chi connectivity index (χ3v) is 2.85. The number of hydrazine groups is 6. The molecule has 0 saturated carbocycles. The van der Waals surface area contributed by atoms with Gasteiger partial charge in [0.25, 0.3) is 0 Å². The molecule has 122 valence electrons. The Kier molecular flexibility index (Phi) is 10.3. The molecule has 0 atom stereocenters. The van der Waals surface area contributed by atoms with Crippen molar-refractivity contribution in [1.29, 1.82) is 0 Å². The molecule has 0 aliphatic heterocycles. The molecule has 0 rings (SSSR count). The van der Waals surface area contributed by atoms with Crippen LogP contribution in [-0.4, -0.2) is 58.1 Å². The Morgan fingerprint density at radius 1 is 0.600 bits per heavy atom. The zero-order chi connectivity index (χ0) is 15.6. The van der Waals surface area contributed by atoms with Crippen molar-refractivity contribution in [3.8, 4) is 0 Å². The standard InChI is InChI=1S/C6H24N9O4P/c1-7-13(8-2)17-20(16,18-14(9-3)10-4)19-15(11-5)12-6/h7-12H,1-6H3. The summed E-state index contributed by atoms with van der Waals surface area (Å²) in [6.45, 7) is 0. The minimum absolute atomic E-state index is 0.952. The SMILES string of the molecule is CNN(NC)OP(=O)(ON(NC)NC)ON(NC)NC. The molecule has 13 nitrogen and oxygen atoms in total. The Morgan fingerprint density at radius 3 is 0.950 bits per heavy atom. The highest BCUT2D eigenvalue weighted by molar-refractivity contribution is 7.48. The summed E-state index contributed by atoms with van der Waals surface area (Å²) in [5.74, 6) is 0. The van der Waals surface area contributed by atoms with Crippen LogP contribution >= 0.6 is 7.82 Å². The maximum Gasteiger partial charge on any atom is 0.532 e. The van der Waals surface area contributed by atoms with E-state index < -0.39 is 7.82 Å². The fourth-order valence-electron chi connectivity index (χ4n) is 0.925. The van der Waals surface area contributed by atoms with Gasteiger partial charge in [0.2, 0.25) is 0 Å². The molecular weight excluding hydrogens is 293 g/mol. The smallest absolute Gasteiger partial charge is 0.223 e. The molecule has 0 spiro atoms. The number of hydrogen-bond donors (Lipinski definition) is 6. The molecule has 0 aromatic heterocycles. The summed E-state index contributed by atoms with van der Waals surface area (Å²) in [5.41, 5.74) is 15.5. The van der Waals surface area contributed by atoms with Gasteiger partial charge in [-0.25, -0.2) is 37.1 Å². The molecule has 14 heteroatoms. The summed E-state index contributed by atoms with van der Waals surface area (Å²) in [5, 5.41) is 2.86. The Balaban J connectivity index is 4.95. The van der Waals surface area contributed by atoms with Crippen LogP contribution in [-0.2, 0) is 18.4 Å². The van der Waals surface area contributed by atoms with Crippen molar-refractivity contribution < 1.29 is 18.4 Å². The minimum atomic E-state index is -4.08. The highest BCUT2D eigenvalue weighted by atomic mass is 31.2. The second-order valence-corrected chi connectivity index (χ2v) is 4.30. The van der Waals surface area contributed by atoms with Gasteiger partial charge in [0.15, 0.2) is 0 Å². The van der Waals surface area contributed by atoms with Gasteiger partial charge in [0.1, 0.15) is 0 Å². The van der Waals surface area contributed by atoms with Crippen molar-refractivity contribution in [3.05, 3.63) is 0 Å². The van der Waals surface area contributed by atoms with Crippen molar-refractivity contribution in [1.82, 2.24) is 48.4 Å². The van der Waals surface area contributed by atoms with Crippen LogP contribution in [0.25, 0.3) is 0 Å². The summed E-state index contributed by atoms with van der Waals surface area (Å²) in [6.07, 6.45) is 0. The van der Waals surface area contributed by atoms with Crippen molar-refractivity contribution in [2.45, 2.75) is 0 Å². The predicted molar refractivity (Wildman–Crippen MR) is 70.7 cm³/mol. The van der Waals surface area contributed by atoms with E-state index >= 15 is 0 Å². The van der Waals surface area contributed by atoms with Crippen molar-refractivity contribution in [3.63, 3.8) is 0 Å². The lowest BCUT2D eigenvalue weighted by Gasteiger charge is -2.29. The number of hydrogen-bond acceptors (Lipinski definition) is 13. The van der Waals surface area contributed by atoms with E-state index in [0.717, 1.165) is 15.8 Å². The van der Waals surface area contributed by atoms with Crippen LogP contribution in [0.2, 0.25) is 0 Å². The van der Waals surface area contributed by atoms with E-state index in [4.69, 9.17) is 13.9 Å². The third kappa shape index (κ3) is 6.96. The predicted octanol–water partition coefficient (Wildman–Crippen LogP) is -2.40. The van der Waals surface area contributed by atoms with Crippen LogP contribution in [0, 0.1) is 0 Å². The van der Waals surface area contributed by atoms with Crippen LogP contribution in [0.3, 0.4) is 0 Å². The van der Waals surface area contributed by atoms with Gasteiger partial charge in [-0.05, 0) is 15.8 Å². The molecule has 0 bridgehead atoms.